The summed E-state index contributed by atoms with van der Waals surface area (Å²) < 4.78 is 5.93. The van der Waals surface area contributed by atoms with Crippen molar-refractivity contribution >= 4 is 28.4 Å². The lowest BCUT2D eigenvalue weighted by Gasteiger charge is -2.10. The van der Waals surface area contributed by atoms with Gasteiger partial charge in [-0.2, -0.15) is 0 Å². The van der Waals surface area contributed by atoms with Crippen molar-refractivity contribution < 1.29 is 9.53 Å². The number of hydrogen-bond acceptors (Lipinski definition) is 6. The average Bonchev–Trinajstić information content (AvgIpc) is 3.26. The van der Waals surface area contributed by atoms with Crippen LogP contribution in [0, 0.1) is 0 Å². The number of fused-ring (bicyclic) bond motifs is 4. The molecular formula is C28H21N5O2. The minimum atomic E-state index is -0.268. The zero-order valence-electron chi connectivity index (χ0n) is 18.9. The third kappa shape index (κ3) is 4.04. The van der Waals surface area contributed by atoms with Gasteiger partial charge in [-0.15, -0.1) is 0 Å². The summed E-state index contributed by atoms with van der Waals surface area (Å²) in [6, 6.07) is 23.8. The second kappa shape index (κ2) is 8.53. The lowest BCUT2D eigenvalue weighted by Crippen LogP contribution is -2.18. The van der Waals surface area contributed by atoms with E-state index in [1.54, 1.807) is 31.6 Å². The smallest absolute Gasteiger partial charge is 0.269 e. The number of anilines is 2. The molecule has 1 aliphatic carbocycles. The van der Waals surface area contributed by atoms with E-state index in [9.17, 15) is 4.79 Å². The second-order valence-corrected chi connectivity index (χ2v) is 8.30. The molecule has 0 saturated heterocycles. The van der Waals surface area contributed by atoms with E-state index in [0.29, 0.717) is 23.1 Å². The van der Waals surface area contributed by atoms with Crippen LogP contribution in [0.5, 0.6) is 11.5 Å². The quantitative estimate of drug-likeness (QED) is 0.354. The molecule has 1 amide bonds. The van der Waals surface area contributed by atoms with E-state index in [1.165, 1.54) is 22.3 Å². The van der Waals surface area contributed by atoms with Crippen molar-refractivity contribution in [1.29, 1.82) is 0 Å². The van der Waals surface area contributed by atoms with Crippen LogP contribution in [-0.4, -0.2) is 27.9 Å². The summed E-state index contributed by atoms with van der Waals surface area (Å²) in [6.45, 7) is 0. The Morgan fingerprint density at radius 2 is 1.74 bits per heavy atom. The Balaban J connectivity index is 1.20. The fourth-order valence-corrected chi connectivity index (χ4v) is 4.35. The lowest BCUT2D eigenvalue weighted by atomic mass is 10.1. The summed E-state index contributed by atoms with van der Waals surface area (Å²) in [7, 11) is 1.56. The molecule has 2 N–H and O–H groups in total. The average molecular weight is 460 g/mol. The van der Waals surface area contributed by atoms with Gasteiger partial charge in [0.25, 0.3) is 5.91 Å². The zero-order valence-corrected chi connectivity index (χ0v) is 18.9. The van der Waals surface area contributed by atoms with Gasteiger partial charge in [-0.25, -0.2) is 9.97 Å². The molecule has 0 radical (unpaired) electrons. The number of amides is 1. The van der Waals surface area contributed by atoms with Crippen molar-refractivity contribution in [3.05, 3.63) is 102 Å². The minimum Gasteiger partial charge on any atom is -0.457 e. The zero-order chi connectivity index (χ0) is 23.8. The van der Waals surface area contributed by atoms with Gasteiger partial charge >= 0.3 is 0 Å². The molecule has 0 saturated carbocycles. The van der Waals surface area contributed by atoms with Crippen molar-refractivity contribution in [3.8, 4) is 22.6 Å². The van der Waals surface area contributed by atoms with Gasteiger partial charge < -0.3 is 15.4 Å². The molecular weight excluding hydrogens is 438 g/mol. The summed E-state index contributed by atoms with van der Waals surface area (Å²) in [5.41, 5.74) is 7.30. The Hall–Kier alpha value is -4.78. The first-order valence-electron chi connectivity index (χ1n) is 11.3. The van der Waals surface area contributed by atoms with Gasteiger partial charge in [0.05, 0.1) is 5.52 Å². The van der Waals surface area contributed by atoms with Gasteiger partial charge in [0.1, 0.15) is 17.2 Å². The number of hydrogen-bond donors (Lipinski definition) is 2. The molecule has 0 spiro atoms. The Labute approximate surface area is 201 Å². The normalized spacial score (nSPS) is 11.6. The second-order valence-electron chi connectivity index (χ2n) is 8.30. The van der Waals surface area contributed by atoms with E-state index in [1.807, 2.05) is 18.2 Å². The molecule has 6 rings (SSSR count). The van der Waals surface area contributed by atoms with E-state index >= 15 is 0 Å². The van der Waals surface area contributed by atoms with Crippen molar-refractivity contribution in [2.75, 3.05) is 12.4 Å². The number of ether oxygens (including phenoxy) is 1. The van der Waals surface area contributed by atoms with Crippen molar-refractivity contribution in [1.82, 2.24) is 20.3 Å². The monoisotopic (exact) mass is 459 g/mol. The number of carbonyl (C=O) groups is 1. The van der Waals surface area contributed by atoms with Crippen LogP contribution in [0.15, 0.2) is 85.2 Å². The predicted molar refractivity (Wildman–Crippen MR) is 135 cm³/mol. The third-order valence-electron chi connectivity index (χ3n) is 6.03. The predicted octanol–water partition coefficient (Wildman–Crippen LogP) is 5.49. The molecule has 0 bridgehead atoms. The number of rotatable bonds is 5. The van der Waals surface area contributed by atoms with Crippen molar-refractivity contribution in [2.24, 2.45) is 0 Å². The molecule has 2 heterocycles. The van der Waals surface area contributed by atoms with E-state index in [2.05, 4.69) is 68.1 Å². The lowest BCUT2D eigenvalue weighted by molar-refractivity contribution is 0.0958. The van der Waals surface area contributed by atoms with Gasteiger partial charge in [-0.3, -0.25) is 9.78 Å². The molecule has 0 atom stereocenters. The van der Waals surface area contributed by atoms with Gasteiger partial charge in [-0.05, 0) is 65.1 Å². The minimum absolute atomic E-state index is 0.268. The van der Waals surface area contributed by atoms with Crippen molar-refractivity contribution in [3.63, 3.8) is 0 Å². The van der Waals surface area contributed by atoms with Crippen LogP contribution in [0.2, 0.25) is 0 Å². The number of aromatic nitrogens is 3. The topological polar surface area (TPSA) is 89.0 Å². The van der Waals surface area contributed by atoms with E-state index in [0.717, 1.165) is 23.0 Å². The highest BCUT2D eigenvalue weighted by Gasteiger charge is 2.18. The van der Waals surface area contributed by atoms with Gasteiger partial charge in [0, 0.05) is 36.6 Å². The first-order valence-corrected chi connectivity index (χ1v) is 11.3. The Bertz CT molecular complexity index is 1600. The number of nitrogens with zero attached hydrogens (tertiary/aromatic N) is 3. The maximum Gasteiger partial charge on any atom is 0.269 e. The fraction of sp³-hybridized carbons (Fsp3) is 0.0714. The van der Waals surface area contributed by atoms with Crippen LogP contribution in [-0.2, 0) is 6.42 Å². The maximum absolute atomic E-state index is 11.8. The molecule has 0 aliphatic heterocycles. The van der Waals surface area contributed by atoms with Crippen LogP contribution in [0.4, 0.5) is 11.6 Å². The highest BCUT2D eigenvalue weighted by molar-refractivity contribution is 5.92. The van der Waals surface area contributed by atoms with Crippen LogP contribution in [0.3, 0.4) is 0 Å². The van der Waals surface area contributed by atoms with Crippen LogP contribution in [0.25, 0.3) is 22.0 Å². The van der Waals surface area contributed by atoms with Crippen LogP contribution >= 0.6 is 0 Å². The van der Waals surface area contributed by atoms with Crippen LogP contribution < -0.4 is 15.4 Å². The van der Waals surface area contributed by atoms with Crippen LogP contribution in [0.1, 0.15) is 21.6 Å². The molecule has 2 aromatic heterocycles. The highest BCUT2D eigenvalue weighted by atomic mass is 16.5. The number of nitrogens with one attached hydrogen (secondary N) is 2. The number of benzene rings is 3. The first kappa shape index (κ1) is 20.8. The van der Waals surface area contributed by atoms with E-state index in [4.69, 9.17) is 4.74 Å². The third-order valence-corrected chi connectivity index (χ3v) is 6.03. The number of carbonyl (C=O) groups excluding carboxylic acids is 1. The summed E-state index contributed by atoms with van der Waals surface area (Å²) in [5, 5.41) is 6.73. The van der Waals surface area contributed by atoms with E-state index in [-0.39, 0.29) is 5.91 Å². The largest absolute Gasteiger partial charge is 0.457 e. The van der Waals surface area contributed by atoms with Gasteiger partial charge in [0.15, 0.2) is 0 Å². The highest BCUT2D eigenvalue weighted by Crippen LogP contribution is 2.38. The molecule has 35 heavy (non-hydrogen) atoms. The Kier molecular flexibility index (Phi) is 5.07. The molecule has 5 aromatic rings. The summed E-state index contributed by atoms with van der Waals surface area (Å²) in [5.74, 6) is 1.41. The molecule has 0 unspecified atom stereocenters. The molecule has 7 nitrogen and oxygen atoms in total. The van der Waals surface area contributed by atoms with Crippen molar-refractivity contribution in [2.45, 2.75) is 6.42 Å². The van der Waals surface area contributed by atoms with E-state index < -0.39 is 0 Å². The molecule has 0 fully saturated rings. The summed E-state index contributed by atoms with van der Waals surface area (Å²) in [6.07, 6.45) is 4.24. The molecule has 3 aromatic carbocycles. The standard InChI is InChI=1S/C28H21N5O2/c1-29-27(34)26-15-22(10-11-30-26)35-21-7-9-25-19(14-21)16-31-28(33-25)32-20-6-8-24-18(13-20)12-17-4-2-3-5-23(17)24/h2-11,13-16H,12H2,1H3,(H,29,34)(H,31,32,33). The molecule has 1 aliphatic rings. The Morgan fingerprint density at radius 1 is 0.886 bits per heavy atom. The SMILES string of the molecule is CNC(=O)c1cc(Oc2ccc3nc(Nc4ccc5c(c4)Cc4ccccc4-5)ncc3c2)ccn1. The summed E-state index contributed by atoms with van der Waals surface area (Å²) >= 11 is 0. The number of pyridine rings is 1. The fourth-order valence-electron chi connectivity index (χ4n) is 4.35. The van der Waals surface area contributed by atoms with Gasteiger partial charge in [-0.1, -0.05) is 30.3 Å². The Morgan fingerprint density at radius 3 is 2.66 bits per heavy atom. The molecule has 7 heteroatoms. The summed E-state index contributed by atoms with van der Waals surface area (Å²) in [4.78, 5) is 25.0. The molecule has 170 valence electrons. The first-order chi connectivity index (χ1) is 17.2. The van der Waals surface area contributed by atoms with Gasteiger partial charge in [0.2, 0.25) is 5.95 Å². The maximum atomic E-state index is 11.8.